The first-order chi connectivity index (χ1) is 7.63. The summed E-state index contributed by atoms with van der Waals surface area (Å²) in [5.74, 6) is 4.40. The van der Waals surface area contributed by atoms with E-state index in [0.717, 1.165) is 0 Å². The molecule has 0 aromatic carbocycles. The summed E-state index contributed by atoms with van der Waals surface area (Å²) in [6.45, 7) is 2.03. The van der Waals surface area contributed by atoms with E-state index >= 15 is 0 Å². The Morgan fingerprint density at radius 2 is 2.38 bits per heavy atom. The van der Waals surface area contributed by atoms with Crippen molar-refractivity contribution < 1.29 is 14.6 Å². The van der Waals surface area contributed by atoms with Gasteiger partial charge >= 0.3 is 5.97 Å². The Balaban J connectivity index is 2.67. The zero-order valence-corrected chi connectivity index (χ0v) is 8.74. The molecule has 5 nitrogen and oxygen atoms in total. The summed E-state index contributed by atoms with van der Waals surface area (Å²) in [5.41, 5.74) is -0.141. The Hall–Kier alpha value is -2.22. The molecule has 0 amide bonds. The molecule has 0 aliphatic rings. The first kappa shape index (κ1) is 11.9. The van der Waals surface area contributed by atoms with Crippen molar-refractivity contribution in [3.8, 4) is 17.6 Å². The third-order valence-electron chi connectivity index (χ3n) is 1.65. The van der Waals surface area contributed by atoms with Crippen LogP contribution in [0.15, 0.2) is 17.1 Å². The predicted molar refractivity (Wildman–Crippen MR) is 56.9 cm³/mol. The van der Waals surface area contributed by atoms with Gasteiger partial charge in [0.2, 0.25) is 0 Å². The van der Waals surface area contributed by atoms with Crippen LogP contribution in [-0.4, -0.2) is 22.7 Å². The van der Waals surface area contributed by atoms with Gasteiger partial charge in [-0.3, -0.25) is 9.59 Å². The SMILES string of the molecule is CCOC(=O)CC#Cc1c[nH]c(=O)c(O)c1. The number of esters is 1. The summed E-state index contributed by atoms with van der Waals surface area (Å²) in [6, 6.07) is 1.23. The van der Waals surface area contributed by atoms with Crippen LogP contribution in [0.25, 0.3) is 0 Å². The Bertz CT molecular complexity index is 493. The summed E-state index contributed by atoms with van der Waals surface area (Å²) in [6.07, 6.45) is 1.34. The third kappa shape index (κ3) is 3.50. The summed E-state index contributed by atoms with van der Waals surface area (Å²) in [5, 5.41) is 9.09. The molecule has 1 aromatic rings. The number of rotatable bonds is 2. The molecule has 2 N–H and O–H groups in total. The van der Waals surface area contributed by atoms with Gasteiger partial charge in [-0.25, -0.2) is 0 Å². The van der Waals surface area contributed by atoms with E-state index in [1.54, 1.807) is 6.92 Å². The fraction of sp³-hybridized carbons (Fsp3) is 0.273. The van der Waals surface area contributed by atoms with Crippen molar-refractivity contribution in [1.29, 1.82) is 0 Å². The lowest BCUT2D eigenvalue weighted by atomic mass is 10.2. The number of hydrogen-bond donors (Lipinski definition) is 2. The van der Waals surface area contributed by atoms with Gasteiger partial charge in [0, 0.05) is 17.8 Å². The van der Waals surface area contributed by atoms with Crippen LogP contribution in [0.5, 0.6) is 5.75 Å². The maximum absolute atomic E-state index is 10.9. The van der Waals surface area contributed by atoms with E-state index in [4.69, 9.17) is 5.11 Å². The fourth-order valence-electron chi connectivity index (χ4n) is 0.974. The quantitative estimate of drug-likeness (QED) is 0.559. The number of hydrogen-bond acceptors (Lipinski definition) is 4. The zero-order chi connectivity index (χ0) is 12.0. The minimum atomic E-state index is -0.573. The van der Waals surface area contributed by atoms with Gasteiger partial charge in [-0.1, -0.05) is 11.8 Å². The van der Waals surface area contributed by atoms with Crippen LogP contribution in [0.2, 0.25) is 0 Å². The van der Waals surface area contributed by atoms with Gasteiger partial charge in [-0.05, 0) is 6.92 Å². The average molecular weight is 221 g/mol. The first-order valence-electron chi connectivity index (χ1n) is 4.69. The van der Waals surface area contributed by atoms with Gasteiger partial charge < -0.3 is 14.8 Å². The van der Waals surface area contributed by atoms with E-state index < -0.39 is 17.3 Å². The van der Waals surface area contributed by atoms with E-state index in [2.05, 4.69) is 21.6 Å². The van der Waals surface area contributed by atoms with Crippen molar-refractivity contribution in [2.24, 2.45) is 0 Å². The second kappa shape index (κ2) is 5.61. The van der Waals surface area contributed by atoms with E-state index in [1.165, 1.54) is 12.3 Å². The Morgan fingerprint density at radius 3 is 3.00 bits per heavy atom. The van der Waals surface area contributed by atoms with E-state index in [-0.39, 0.29) is 6.42 Å². The molecule has 0 saturated heterocycles. The standard InChI is InChI=1S/C11H11NO4/c1-2-16-10(14)5-3-4-8-6-9(13)11(15)12-7-8/h6-7,13H,2,5H2,1H3,(H,12,15). The van der Waals surface area contributed by atoms with Crippen molar-refractivity contribution in [2.45, 2.75) is 13.3 Å². The molecule has 0 saturated carbocycles. The molecule has 0 spiro atoms. The molecule has 0 aliphatic heterocycles. The molecule has 0 atom stereocenters. The molecule has 0 bridgehead atoms. The van der Waals surface area contributed by atoms with Crippen LogP contribution in [0.4, 0.5) is 0 Å². The number of pyridine rings is 1. The van der Waals surface area contributed by atoms with Gasteiger partial charge in [0.25, 0.3) is 5.56 Å². The van der Waals surface area contributed by atoms with Crippen LogP contribution in [0.1, 0.15) is 18.9 Å². The number of carbonyl (C=O) groups excluding carboxylic acids is 1. The number of nitrogens with one attached hydrogen (secondary N) is 1. The maximum atomic E-state index is 10.9. The van der Waals surface area contributed by atoms with Crippen molar-refractivity contribution in [3.05, 3.63) is 28.2 Å². The fourth-order valence-corrected chi connectivity index (χ4v) is 0.974. The molecule has 0 unspecified atom stereocenters. The highest BCUT2D eigenvalue weighted by Crippen LogP contribution is 2.01. The number of H-pyrrole nitrogens is 1. The van der Waals surface area contributed by atoms with Crippen LogP contribution in [-0.2, 0) is 9.53 Å². The minimum Gasteiger partial charge on any atom is -0.503 e. The molecule has 0 aliphatic carbocycles. The molecular formula is C11H11NO4. The van der Waals surface area contributed by atoms with Crippen LogP contribution in [0.3, 0.4) is 0 Å². The zero-order valence-electron chi connectivity index (χ0n) is 8.74. The van der Waals surface area contributed by atoms with Crippen LogP contribution < -0.4 is 5.56 Å². The molecule has 16 heavy (non-hydrogen) atoms. The molecule has 1 rings (SSSR count). The summed E-state index contributed by atoms with van der Waals surface area (Å²) in [4.78, 5) is 24.0. The summed E-state index contributed by atoms with van der Waals surface area (Å²) >= 11 is 0. The monoisotopic (exact) mass is 221 g/mol. The number of ether oxygens (including phenoxy) is 1. The number of aromatic hydroxyl groups is 1. The molecule has 0 radical (unpaired) electrons. The maximum Gasteiger partial charge on any atom is 0.317 e. The molecule has 5 heteroatoms. The number of aromatic nitrogens is 1. The molecule has 1 heterocycles. The van der Waals surface area contributed by atoms with E-state index in [9.17, 15) is 9.59 Å². The van der Waals surface area contributed by atoms with Crippen molar-refractivity contribution in [2.75, 3.05) is 6.61 Å². The highest BCUT2D eigenvalue weighted by Gasteiger charge is 1.98. The smallest absolute Gasteiger partial charge is 0.317 e. The molecular weight excluding hydrogens is 210 g/mol. The highest BCUT2D eigenvalue weighted by molar-refractivity contribution is 5.72. The lowest BCUT2D eigenvalue weighted by molar-refractivity contribution is -0.141. The number of aromatic amines is 1. The second-order valence-electron chi connectivity index (χ2n) is 2.89. The normalized spacial score (nSPS) is 9.06. The Kier molecular flexibility index (Phi) is 4.16. The van der Waals surface area contributed by atoms with Gasteiger partial charge in [-0.2, -0.15) is 0 Å². The molecule has 1 aromatic heterocycles. The van der Waals surface area contributed by atoms with Crippen molar-refractivity contribution in [1.82, 2.24) is 4.98 Å². The van der Waals surface area contributed by atoms with Crippen molar-refractivity contribution >= 4 is 5.97 Å². The van der Waals surface area contributed by atoms with Crippen LogP contribution in [0, 0.1) is 11.8 Å². The van der Waals surface area contributed by atoms with Gasteiger partial charge in [0.1, 0.15) is 6.42 Å². The van der Waals surface area contributed by atoms with E-state index in [1.807, 2.05) is 0 Å². The average Bonchev–Trinajstić information content (AvgIpc) is 2.24. The Labute approximate surface area is 92.1 Å². The van der Waals surface area contributed by atoms with Gasteiger partial charge in [0.05, 0.1) is 6.61 Å². The lowest BCUT2D eigenvalue weighted by Crippen LogP contribution is -2.04. The summed E-state index contributed by atoms with van der Waals surface area (Å²) in [7, 11) is 0. The topological polar surface area (TPSA) is 79.4 Å². The highest BCUT2D eigenvalue weighted by atomic mass is 16.5. The third-order valence-corrected chi connectivity index (χ3v) is 1.65. The van der Waals surface area contributed by atoms with E-state index in [0.29, 0.717) is 12.2 Å². The molecule has 0 fully saturated rings. The second-order valence-corrected chi connectivity index (χ2v) is 2.89. The Morgan fingerprint density at radius 1 is 1.62 bits per heavy atom. The largest absolute Gasteiger partial charge is 0.503 e. The molecule has 84 valence electrons. The number of carbonyl (C=O) groups is 1. The van der Waals surface area contributed by atoms with Gasteiger partial charge in [0.15, 0.2) is 5.75 Å². The minimum absolute atomic E-state index is 0.0201. The lowest BCUT2D eigenvalue weighted by Gasteiger charge is -1.95. The predicted octanol–water partition coefficient (Wildman–Crippen LogP) is 0.385. The first-order valence-corrected chi connectivity index (χ1v) is 4.69. The van der Waals surface area contributed by atoms with Crippen molar-refractivity contribution in [3.63, 3.8) is 0 Å². The summed E-state index contributed by atoms with van der Waals surface area (Å²) < 4.78 is 4.67. The van der Waals surface area contributed by atoms with Gasteiger partial charge in [-0.15, -0.1) is 0 Å². The van der Waals surface area contributed by atoms with Crippen LogP contribution >= 0.6 is 0 Å².